The van der Waals surface area contributed by atoms with E-state index in [2.05, 4.69) is 5.16 Å². The number of aromatic nitrogens is 2. The Morgan fingerprint density at radius 1 is 1.11 bits per heavy atom. The highest BCUT2D eigenvalue weighted by Crippen LogP contribution is 2.41. The van der Waals surface area contributed by atoms with E-state index in [1.807, 2.05) is 0 Å². The first-order valence-corrected chi connectivity index (χ1v) is 11.0. The second kappa shape index (κ2) is 9.87. The first kappa shape index (κ1) is 24.4. The van der Waals surface area contributed by atoms with E-state index in [1.54, 1.807) is 67.6 Å². The second-order valence-corrected chi connectivity index (χ2v) is 8.42. The summed E-state index contributed by atoms with van der Waals surface area (Å²) >= 11 is 5.97. The van der Waals surface area contributed by atoms with Crippen LogP contribution in [0.3, 0.4) is 0 Å². The van der Waals surface area contributed by atoms with Crippen LogP contribution in [-0.2, 0) is 19.3 Å². The molecule has 0 fully saturated rings. The lowest BCUT2D eigenvalue weighted by Gasteiger charge is -2.19. The normalized spacial score (nSPS) is 11.5. The van der Waals surface area contributed by atoms with Crippen molar-refractivity contribution in [1.29, 1.82) is 0 Å². The van der Waals surface area contributed by atoms with Crippen molar-refractivity contribution in [3.8, 4) is 17.0 Å². The van der Waals surface area contributed by atoms with Crippen LogP contribution < -0.4 is 4.74 Å². The Bertz CT molecular complexity index is 1320. The summed E-state index contributed by atoms with van der Waals surface area (Å²) in [7, 11) is 1.46. The zero-order chi connectivity index (χ0) is 25.2. The molecule has 6 nitrogen and oxygen atoms in total. The molecule has 2 aromatic heterocycles. The molecular weight excluding hydrogens is 483 g/mol. The van der Waals surface area contributed by atoms with Gasteiger partial charge >= 0.3 is 12.3 Å². The zero-order valence-electron chi connectivity index (χ0n) is 18.8. The Hall–Kier alpha value is -3.72. The van der Waals surface area contributed by atoms with E-state index >= 15 is 0 Å². The number of amides is 1. The van der Waals surface area contributed by atoms with Gasteiger partial charge < -0.3 is 18.7 Å². The Balaban J connectivity index is 1.77. The van der Waals surface area contributed by atoms with Gasteiger partial charge in [0.15, 0.2) is 5.76 Å². The van der Waals surface area contributed by atoms with Crippen LogP contribution in [0.15, 0.2) is 71.3 Å². The highest BCUT2D eigenvalue weighted by molar-refractivity contribution is 6.30. The number of hydrogen-bond acceptors (Lipinski definition) is 4. The minimum Gasteiger partial charge on any atom is -0.392 e. The van der Waals surface area contributed by atoms with Gasteiger partial charge in [0.05, 0.1) is 18.8 Å². The molecule has 10 heteroatoms. The molecule has 0 aliphatic rings. The number of benzene rings is 2. The van der Waals surface area contributed by atoms with Gasteiger partial charge in [0, 0.05) is 23.7 Å². The summed E-state index contributed by atoms with van der Waals surface area (Å²) in [4.78, 5) is 14.1. The van der Waals surface area contributed by atoms with Crippen molar-refractivity contribution in [3.05, 3.63) is 94.5 Å². The molecule has 2 heterocycles. The van der Waals surface area contributed by atoms with Crippen LogP contribution in [0, 0.1) is 6.92 Å². The van der Waals surface area contributed by atoms with Gasteiger partial charge in [0.25, 0.3) is 0 Å². The molecule has 0 saturated heterocycles. The van der Waals surface area contributed by atoms with Crippen LogP contribution in [0.1, 0.15) is 22.7 Å². The number of ether oxygens (including phenoxy) is 1. The molecule has 0 spiro atoms. The molecule has 0 unspecified atom stereocenters. The summed E-state index contributed by atoms with van der Waals surface area (Å²) in [6.07, 6.45) is -5.54. The lowest BCUT2D eigenvalue weighted by Crippen LogP contribution is -2.30. The number of hydrogen-bond donors (Lipinski definition) is 0. The maximum Gasteiger partial charge on any atom is 0.431 e. The third kappa shape index (κ3) is 5.68. The number of carbonyl (C=O) groups excluding carboxylic acids is 1. The first-order chi connectivity index (χ1) is 16.6. The van der Waals surface area contributed by atoms with Gasteiger partial charge in [0.1, 0.15) is 5.69 Å². The summed E-state index contributed by atoms with van der Waals surface area (Å²) in [5, 5.41) is 4.20. The average Bonchev–Trinajstić information content (AvgIpc) is 3.38. The molecule has 182 valence electrons. The molecule has 0 N–H and O–H groups in total. The number of rotatable bonds is 6. The molecule has 2 aromatic carbocycles. The van der Waals surface area contributed by atoms with Crippen molar-refractivity contribution in [2.75, 3.05) is 7.05 Å². The van der Waals surface area contributed by atoms with Crippen LogP contribution >= 0.6 is 11.6 Å². The molecule has 0 atom stereocenters. The Morgan fingerprint density at radius 2 is 1.80 bits per heavy atom. The fourth-order valence-corrected chi connectivity index (χ4v) is 3.71. The molecule has 4 aromatic rings. The van der Waals surface area contributed by atoms with Crippen molar-refractivity contribution in [2.24, 2.45) is 0 Å². The van der Waals surface area contributed by atoms with E-state index in [9.17, 15) is 18.0 Å². The Labute approximate surface area is 204 Å². The van der Waals surface area contributed by atoms with Crippen molar-refractivity contribution in [1.82, 2.24) is 14.6 Å². The van der Waals surface area contributed by atoms with Gasteiger partial charge in [-0.25, -0.2) is 4.79 Å². The highest BCUT2D eigenvalue weighted by Gasteiger charge is 2.38. The molecule has 4 rings (SSSR count). The lowest BCUT2D eigenvalue weighted by atomic mass is 10.1. The average molecular weight is 504 g/mol. The largest absolute Gasteiger partial charge is 0.431 e. The third-order valence-corrected chi connectivity index (χ3v) is 5.49. The van der Waals surface area contributed by atoms with Gasteiger partial charge in [-0.3, -0.25) is 0 Å². The molecule has 0 bridgehead atoms. The van der Waals surface area contributed by atoms with E-state index in [0.717, 1.165) is 10.6 Å². The van der Waals surface area contributed by atoms with Crippen LogP contribution in [0.4, 0.5) is 18.0 Å². The van der Waals surface area contributed by atoms with Crippen LogP contribution in [0.2, 0.25) is 5.02 Å². The smallest absolute Gasteiger partial charge is 0.392 e. The standard InChI is InChI=1S/C25H21ClF3N3O3/c1-16-12-20(35-30-16)15-31(2)24(33)34-23-21(18-8-10-19(26)11-9-18)13-22(25(27,28)29)32(23)14-17-6-4-3-5-7-17/h3-13H,14-15H2,1-2H3. The molecule has 0 radical (unpaired) electrons. The van der Waals surface area contributed by atoms with Crippen molar-refractivity contribution in [2.45, 2.75) is 26.2 Å². The molecule has 35 heavy (non-hydrogen) atoms. The monoisotopic (exact) mass is 503 g/mol. The molecule has 0 aliphatic carbocycles. The second-order valence-electron chi connectivity index (χ2n) is 7.98. The summed E-state index contributed by atoms with van der Waals surface area (Å²) in [6, 6.07) is 17.5. The van der Waals surface area contributed by atoms with Crippen LogP contribution in [0.25, 0.3) is 11.1 Å². The van der Waals surface area contributed by atoms with Gasteiger partial charge in [-0.2, -0.15) is 13.2 Å². The topological polar surface area (TPSA) is 60.5 Å². The van der Waals surface area contributed by atoms with Crippen LogP contribution in [0.5, 0.6) is 5.88 Å². The third-order valence-electron chi connectivity index (χ3n) is 5.24. The summed E-state index contributed by atoms with van der Waals surface area (Å²) in [5.74, 6) is 0.185. The molecule has 1 amide bonds. The maximum atomic E-state index is 14.1. The minimum atomic E-state index is -4.69. The minimum absolute atomic E-state index is 0.0292. The number of aryl methyl sites for hydroxylation is 1. The molecule has 0 aliphatic heterocycles. The van der Waals surface area contributed by atoms with E-state index in [0.29, 0.717) is 27.6 Å². The van der Waals surface area contributed by atoms with Gasteiger partial charge in [-0.1, -0.05) is 59.2 Å². The zero-order valence-corrected chi connectivity index (χ0v) is 19.6. The number of carbonyl (C=O) groups is 1. The van der Waals surface area contributed by atoms with E-state index in [1.165, 1.54) is 11.9 Å². The first-order valence-electron chi connectivity index (χ1n) is 10.6. The lowest BCUT2D eigenvalue weighted by molar-refractivity contribution is -0.143. The van der Waals surface area contributed by atoms with Gasteiger partial charge in [0.2, 0.25) is 5.88 Å². The van der Waals surface area contributed by atoms with E-state index in [4.69, 9.17) is 20.9 Å². The van der Waals surface area contributed by atoms with Gasteiger partial charge in [-0.05, 0) is 36.2 Å². The predicted molar refractivity (Wildman–Crippen MR) is 124 cm³/mol. The number of halogens is 4. The Morgan fingerprint density at radius 3 is 2.40 bits per heavy atom. The van der Waals surface area contributed by atoms with Crippen LogP contribution in [-0.4, -0.2) is 27.8 Å². The van der Waals surface area contributed by atoms with Gasteiger partial charge in [-0.15, -0.1) is 0 Å². The number of alkyl halides is 3. The predicted octanol–water partition coefficient (Wildman–Crippen LogP) is 6.80. The highest BCUT2D eigenvalue weighted by atomic mass is 35.5. The Kier molecular flexibility index (Phi) is 6.88. The summed E-state index contributed by atoms with van der Waals surface area (Å²) in [5.41, 5.74) is 0.838. The van der Waals surface area contributed by atoms with E-state index < -0.39 is 18.0 Å². The van der Waals surface area contributed by atoms with Crippen molar-refractivity contribution >= 4 is 17.7 Å². The SMILES string of the molecule is Cc1cc(CN(C)C(=O)Oc2c(-c3ccc(Cl)cc3)cc(C(F)(F)F)n2Cc2ccccc2)on1. The number of nitrogens with zero attached hydrogens (tertiary/aromatic N) is 3. The fraction of sp³-hybridized carbons (Fsp3) is 0.200. The molecular formula is C25H21ClF3N3O3. The maximum absolute atomic E-state index is 14.1. The van der Waals surface area contributed by atoms with Crippen molar-refractivity contribution in [3.63, 3.8) is 0 Å². The molecule has 0 saturated carbocycles. The summed E-state index contributed by atoms with van der Waals surface area (Å²) < 4.78 is 54.0. The quantitative estimate of drug-likeness (QED) is 0.290. The summed E-state index contributed by atoms with van der Waals surface area (Å²) in [6.45, 7) is 1.61. The van der Waals surface area contributed by atoms with E-state index in [-0.39, 0.29) is 24.5 Å². The van der Waals surface area contributed by atoms with Crippen molar-refractivity contribution < 1.29 is 27.2 Å². The fourth-order valence-electron chi connectivity index (χ4n) is 3.59.